The molecule has 0 spiro atoms. The molecule has 1 aromatic heterocycles. The maximum Gasteiger partial charge on any atom is 0.227 e. The lowest BCUT2D eigenvalue weighted by molar-refractivity contribution is -0.118. The smallest absolute Gasteiger partial charge is 0.227 e. The number of para-hydroxylation sites is 1. The van der Waals surface area contributed by atoms with Gasteiger partial charge in [-0.1, -0.05) is 18.2 Å². The first-order valence-corrected chi connectivity index (χ1v) is 10.9. The van der Waals surface area contributed by atoms with Crippen molar-refractivity contribution in [3.05, 3.63) is 45.9 Å². The quantitative estimate of drug-likeness (QED) is 0.239. The lowest BCUT2D eigenvalue weighted by Crippen LogP contribution is -2.38. The molecule has 29 heavy (non-hydrogen) atoms. The molecular weight excluding hydrogens is 497 g/mol. The van der Waals surface area contributed by atoms with Gasteiger partial charge in [0.1, 0.15) is 0 Å². The Balaban J connectivity index is 0.00000300. The number of nitrogens with one attached hydrogen (secondary N) is 2. The summed E-state index contributed by atoms with van der Waals surface area (Å²) < 4.78 is 0. The number of fused-ring (bicyclic) bond motifs is 1. The fraction of sp³-hybridized carbons (Fsp3) is 0.476. The fourth-order valence-electron chi connectivity index (χ4n) is 3.33. The monoisotopic (exact) mass is 527 g/mol. The van der Waals surface area contributed by atoms with E-state index in [-0.39, 0.29) is 29.9 Å². The molecule has 1 aliphatic heterocycles. The van der Waals surface area contributed by atoms with Crippen LogP contribution in [0.5, 0.6) is 0 Å². The molecule has 6 nitrogen and oxygen atoms in total. The molecule has 8 heteroatoms. The van der Waals surface area contributed by atoms with Gasteiger partial charge in [0.2, 0.25) is 5.91 Å². The van der Waals surface area contributed by atoms with Crippen LogP contribution >= 0.6 is 35.3 Å². The van der Waals surface area contributed by atoms with Gasteiger partial charge in [0, 0.05) is 50.1 Å². The maximum atomic E-state index is 12.5. The predicted molar refractivity (Wildman–Crippen MR) is 132 cm³/mol. The Morgan fingerprint density at radius 2 is 2.14 bits per heavy atom. The van der Waals surface area contributed by atoms with Crippen molar-refractivity contribution in [2.75, 3.05) is 31.1 Å². The van der Waals surface area contributed by atoms with Gasteiger partial charge in [-0.25, -0.2) is 4.98 Å². The van der Waals surface area contributed by atoms with Gasteiger partial charge in [-0.3, -0.25) is 9.79 Å². The summed E-state index contributed by atoms with van der Waals surface area (Å²) in [5, 5.41) is 9.80. The molecule has 0 saturated carbocycles. The number of anilines is 1. The van der Waals surface area contributed by atoms with Gasteiger partial charge in [-0.05, 0) is 38.3 Å². The number of carbonyl (C=O) groups is 1. The summed E-state index contributed by atoms with van der Waals surface area (Å²) in [5.41, 5.74) is 3.45. The third kappa shape index (κ3) is 6.95. The second kappa shape index (κ2) is 12.1. The lowest BCUT2D eigenvalue weighted by atomic mass is 10.2. The average molecular weight is 527 g/mol. The minimum absolute atomic E-state index is 0. The van der Waals surface area contributed by atoms with E-state index in [1.54, 1.807) is 11.3 Å². The van der Waals surface area contributed by atoms with Crippen molar-refractivity contribution in [1.29, 1.82) is 0 Å². The number of aryl methyl sites for hydroxylation is 1. The van der Waals surface area contributed by atoms with Gasteiger partial charge >= 0.3 is 0 Å². The molecule has 2 aromatic rings. The molecule has 2 N–H and O–H groups in total. The summed E-state index contributed by atoms with van der Waals surface area (Å²) in [6.45, 7) is 7.10. The molecule has 158 valence electrons. The van der Waals surface area contributed by atoms with Crippen LogP contribution in [0.25, 0.3) is 0 Å². The number of aliphatic imine (C=N–C) groups is 1. The van der Waals surface area contributed by atoms with Crippen LogP contribution in [0.1, 0.15) is 36.0 Å². The zero-order chi connectivity index (χ0) is 19.8. The Hall–Kier alpha value is -1.68. The predicted octanol–water partition coefficient (Wildman–Crippen LogP) is 3.54. The summed E-state index contributed by atoms with van der Waals surface area (Å²) >= 11 is 1.68. The minimum Gasteiger partial charge on any atom is -0.357 e. The van der Waals surface area contributed by atoms with E-state index in [1.807, 2.05) is 30.0 Å². The molecule has 0 saturated heterocycles. The van der Waals surface area contributed by atoms with E-state index in [0.717, 1.165) is 61.2 Å². The number of thiazole rings is 1. The largest absolute Gasteiger partial charge is 0.357 e. The Morgan fingerprint density at radius 3 is 2.90 bits per heavy atom. The normalized spacial score (nSPS) is 13.0. The van der Waals surface area contributed by atoms with E-state index >= 15 is 0 Å². The SMILES string of the molecule is CCNC(=NCCCC(=O)N1CCc2ccccc21)NCCc1csc(C)n1.I. The molecule has 2 heterocycles. The van der Waals surface area contributed by atoms with E-state index < -0.39 is 0 Å². The van der Waals surface area contributed by atoms with Crippen molar-refractivity contribution < 1.29 is 4.79 Å². The van der Waals surface area contributed by atoms with Gasteiger partial charge in [0.15, 0.2) is 5.96 Å². The fourth-order valence-corrected chi connectivity index (χ4v) is 3.97. The van der Waals surface area contributed by atoms with Crippen LogP contribution in [0.4, 0.5) is 5.69 Å². The second-order valence-electron chi connectivity index (χ2n) is 6.82. The van der Waals surface area contributed by atoms with Crippen LogP contribution in [0.3, 0.4) is 0 Å². The number of rotatable bonds is 8. The number of amides is 1. The van der Waals surface area contributed by atoms with Gasteiger partial charge < -0.3 is 15.5 Å². The molecule has 3 rings (SSSR count). The molecule has 1 aromatic carbocycles. The van der Waals surface area contributed by atoms with Crippen LogP contribution in [-0.2, 0) is 17.6 Å². The van der Waals surface area contributed by atoms with Crippen LogP contribution in [0.2, 0.25) is 0 Å². The van der Waals surface area contributed by atoms with Crippen molar-refractivity contribution >= 4 is 52.9 Å². The van der Waals surface area contributed by atoms with Crippen LogP contribution in [-0.4, -0.2) is 43.0 Å². The molecule has 0 unspecified atom stereocenters. The highest BCUT2D eigenvalue weighted by molar-refractivity contribution is 14.0. The van der Waals surface area contributed by atoms with E-state index in [2.05, 4.69) is 39.0 Å². The molecular formula is C21H30IN5OS. The summed E-state index contributed by atoms with van der Waals surface area (Å²) in [6, 6.07) is 8.17. The van der Waals surface area contributed by atoms with Crippen LogP contribution in [0.15, 0.2) is 34.6 Å². The molecule has 0 fully saturated rings. The van der Waals surface area contributed by atoms with E-state index in [9.17, 15) is 4.79 Å². The highest BCUT2D eigenvalue weighted by Gasteiger charge is 2.23. The first kappa shape index (κ1) is 23.6. The standard InChI is InChI=1S/C21H29N5OS.HI/c1-3-22-21(24-13-10-18-15-28-16(2)25-18)23-12-6-9-20(27)26-14-11-17-7-4-5-8-19(17)26;/h4-5,7-8,15H,3,6,9-14H2,1-2H3,(H2,22,23,24);1H. The molecule has 0 bridgehead atoms. The van der Waals surface area contributed by atoms with Crippen molar-refractivity contribution in [1.82, 2.24) is 15.6 Å². The van der Waals surface area contributed by atoms with Crippen molar-refractivity contribution in [2.24, 2.45) is 4.99 Å². The second-order valence-corrected chi connectivity index (χ2v) is 7.89. The third-order valence-corrected chi connectivity index (χ3v) is 5.51. The van der Waals surface area contributed by atoms with E-state index in [1.165, 1.54) is 5.56 Å². The highest BCUT2D eigenvalue weighted by atomic mass is 127. The first-order valence-electron chi connectivity index (χ1n) is 9.99. The molecule has 1 aliphatic rings. The van der Waals surface area contributed by atoms with Crippen molar-refractivity contribution in [2.45, 2.75) is 39.5 Å². The number of benzene rings is 1. The highest BCUT2D eigenvalue weighted by Crippen LogP contribution is 2.27. The number of halogens is 1. The van der Waals surface area contributed by atoms with Crippen molar-refractivity contribution in [3.8, 4) is 0 Å². The Morgan fingerprint density at radius 1 is 1.31 bits per heavy atom. The Bertz CT molecular complexity index is 823. The van der Waals surface area contributed by atoms with Crippen LogP contribution in [0, 0.1) is 6.92 Å². The zero-order valence-electron chi connectivity index (χ0n) is 17.1. The summed E-state index contributed by atoms with van der Waals surface area (Å²) in [7, 11) is 0. The molecule has 0 atom stereocenters. The summed E-state index contributed by atoms with van der Waals surface area (Å²) in [4.78, 5) is 23.5. The first-order chi connectivity index (χ1) is 13.7. The van der Waals surface area contributed by atoms with Crippen LogP contribution < -0.4 is 15.5 Å². The van der Waals surface area contributed by atoms with Gasteiger partial charge in [-0.2, -0.15) is 0 Å². The summed E-state index contributed by atoms with van der Waals surface area (Å²) in [5.74, 6) is 0.991. The Kier molecular flexibility index (Phi) is 9.86. The topological polar surface area (TPSA) is 69.6 Å². The van der Waals surface area contributed by atoms with E-state index in [0.29, 0.717) is 13.0 Å². The summed E-state index contributed by atoms with van der Waals surface area (Å²) in [6.07, 6.45) is 3.10. The number of aromatic nitrogens is 1. The number of hydrogen-bond donors (Lipinski definition) is 2. The minimum atomic E-state index is 0. The number of guanidine groups is 1. The molecule has 1 amide bonds. The van der Waals surface area contributed by atoms with Gasteiger partial charge in [-0.15, -0.1) is 35.3 Å². The zero-order valence-corrected chi connectivity index (χ0v) is 20.3. The third-order valence-electron chi connectivity index (χ3n) is 4.69. The van der Waals surface area contributed by atoms with Gasteiger partial charge in [0.05, 0.1) is 10.7 Å². The molecule has 0 aliphatic carbocycles. The number of carbonyl (C=O) groups excluding carboxylic acids is 1. The molecule has 0 radical (unpaired) electrons. The Labute approximate surface area is 194 Å². The average Bonchev–Trinajstić information content (AvgIpc) is 3.31. The lowest BCUT2D eigenvalue weighted by Gasteiger charge is -2.17. The van der Waals surface area contributed by atoms with Gasteiger partial charge in [0.25, 0.3) is 0 Å². The van der Waals surface area contributed by atoms with E-state index in [4.69, 9.17) is 0 Å². The van der Waals surface area contributed by atoms with Crippen molar-refractivity contribution in [3.63, 3.8) is 0 Å². The maximum absolute atomic E-state index is 12.5. The number of nitrogens with zero attached hydrogens (tertiary/aromatic N) is 3. The number of hydrogen-bond acceptors (Lipinski definition) is 4.